The van der Waals surface area contributed by atoms with E-state index < -0.39 is 5.97 Å². The molecule has 3 aliphatic rings. The van der Waals surface area contributed by atoms with Crippen LogP contribution < -0.4 is 0 Å². The molecule has 0 spiro atoms. The number of aliphatic carboxylic acids is 1. The van der Waals surface area contributed by atoms with Crippen LogP contribution in [-0.2, 0) is 9.53 Å². The van der Waals surface area contributed by atoms with Crippen LogP contribution in [0.15, 0.2) is 0 Å². The van der Waals surface area contributed by atoms with E-state index in [2.05, 4.69) is 4.90 Å². The van der Waals surface area contributed by atoms with Crippen LogP contribution in [0.1, 0.15) is 51.4 Å². The van der Waals surface area contributed by atoms with Crippen LogP contribution in [0.3, 0.4) is 0 Å². The second kappa shape index (κ2) is 6.44. The maximum Gasteiger partial charge on any atom is 0.320 e. The first-order valence-corrected chi connectivity index (χ1v) is 8.32. The van der Waals surface area contributed by atoms with Crippen molar-refractivity contribution in [1.82, 2.24) is 4.90 Å². The van der Waals surface area contributed by atoms with Gasteiger partial charge in [0.15, 0.2) is 0 Å². The summed E-state index contributed by atoms with van der Waals surface area (Å²) < 4.78 is 5.43. The van der Waals surface area contributed by atoms with Crippen molar-refractivity contribution in [1.29, 1.82) is 0 Å². The first-order valence-electron chi connectivity index (χ1n) is 8.32. The summed E-state index contributed by atoms with van der Waals surface area (Å²) in [5.74, 6) is 0.770. The van der Waals surface area contributed by atoms with Gasteiger partial charge in [-0.2, -0.15) is 0 Å². The summed E-state index contributed by atoms with van der Waals surface area (Å²) in [6, 6.07) is 0.290. The highest BCUT2D eigenvalue weighted by Crippen LogP contribution is 2.38. The van der Waals surface area contributed by atoms with Gasteiger partial charge in [-0.15, -0.1) is 0 Å². The minimum atomic E-state index is -0.610. The van der Waals surface area contributed by atoms with Crippen molar-refractivity contribution in [2.75, 3.05) is 19.8 Å². The Morgan fingerprint density at radius 2 is 1.80 bits per heavy atom. The lowest BCUT2D eigenvalue weighted by Crippen LogP contribution is -2.56. The molecular weight excluding hydrogens is 254 g/mol. The van der Waals surface area contributed by atoms with E-state index in [1.165, 1.54) is 25.7 Å². The summed E-state index contributed by atoms with van der Waals surface area (Å²) in [6.45, 7) is 2.68. The molecule has 20 heavy (non-hydrogen) atoms. The van der Waals surface area contributed by atoms with Crippen molar-refractivity contribution in [3.05, 3.63) is 0 Å². The maximum atomic E-state index is 11.6. The third-order valence-corrected chi connectivity index (χ3v) is 5.60. The van der Waals surface area contributed by atoms with Crippen LogP contribution in [0.5, 0.6) is 0 Å². The molecule has 0 bridgehead atoms. The van der Waals surface area contributed by atoms with Crippen LogP contribution >= 0.6 is 0 Å². The highest BCUT2D eigenvalue weighted by atomic mass is 16.5. The minimum Gasteiger partial charge on any atom is -0.480 e. The number of carboxylic acid groups (broad SMARTS) is 1. The van der Waals surface area contributed by atoms with Crippen molar-refractivity contribution in [2.24, 2.45) is 11.8 Å². The molecule has 1 N–H and O–H groups in total. The predicted molar refractivity (Wildman–Crippen MR) is 76.7 cm³/mol. The smallest absolute Gasteiger partial charge is 0.320 e. The number of hydrogen-bond donors (Lipinski definition) is 1. The molecule has 1 aliphatic carbocycles. The molecule has 3 atom stereocenters. The van der Waals surface area contributed by atoms with Gasteiger partial charge in [0.25, 0.3) is 0 Å². The molecular formula is C16H27NO3. The average molecular weight is 281 g/mol. The lowest BCUT2D eigenvalue weighted by atomic mass is 9.75. The lowest BCUT2D eigenvalue weighted by Gasteiger charge is -2.48. The van der Waals surface area contributed by atoms with E-state index in [4.69, 9.17) is 4.74 Å². The fourth-order valence-corrected chi connectivity index (χ4v) is 4.49. The summed E-state index contributed by atoms with van der Waals surface area (Å²) in [6.07, 6.45) is 9.28. The topological polar surface area (TPSA) is 49.8 Å². The molecule has 114 valence electrons. The Bertz CT molecular complexity index is 341. The third-order valence-electron chi connectivity index (χ3n) is 5.60. The number of fused-ring (bicyclic) bond motifs is 1. The Kier molecular flexibility index (Phi) is 4.61. The van der Waals surface area contributed by atoms with E-state index in [0.29, 0.717) is 12.0 Å². The first-order chi connectivity index (χ1) is 9.75. The molecule has 2 heterocycles. The van der Waals surface area contributed by atoms with Gasteiger partial charge >= 0.3 is 5.97 Å². The van der Waals surface area contributed by atoms with E-state index in [1.54, 1.807) is 0 Å². The van der Waals surface area contributed by atoms with Gasteiger partial charge in [0.2, 0.25) is 0 Å². The van der Waals surface area contributed by atoms with E-state index in [9.17, 15) is 9.90 Å². The summed E-state index contributed by atoms with van der Waals surface area (Å²) in [5, 5.41) is 9.56. The van der Waals surface area contributed by atoms with E-state index in [0.717, 1.165) is 51.4 Å². The molecule has 4 nitrogen and oxygen atoms in total. The van der Waals surface area contributed by atoms with Gasteiger partial charge in [0, 0.05) is 25.8 Å². The number of ether oxygens (including phenoxy) is 1. The number of piperidine rings is 1. The zero-order valence-corrected chi connectivity index (χ0v) is 12.3. The third kappa shape index (κ3) is 3.01. The maximum absolute atomic E-state index is 11.6. The predicted octanol–water partition coefficient (Wildman–Crippen LogP) is 2.52. The van der Waals surface area contributed by atoms with Gasteiger partial charge in [0.05, 0.1) is 0 Å². The fourth-order valence-electron chi connectivity index (χ4n) is 4.49. The molecule has 2 aliphatic heterocycles. The number of carboxylic acids is 1. The number of rotatable bonds is 3. The van der Waals surface area contributed by atoms with Gasteiger partial charge in [-0.05, 0) is 50.4 Å². The molecule has 0 amide bonds. The zero-order valence-electron chi connectivity index (χ0n) is 12.3. The average Bonchev–Trinajstić information content (AvgIpc) is 2.48. The summed E-state index contributed by atoms with van der Waals surface area (Å²) in [5.41, 5.74) is 0. The van der Waals surface area contributed by atoms with Gasteiger partial charge in [-0.1, -0.05) is 12.8 Å². The van der Waals surface area contributed by atoms with Crippen molar-refractivity contribution >= 4 is 5.97 Å². The highest BCUT2D eigenvalue weighted by molar-refractivity contribution is 5.73. The van der Waals surface area contributed by atoms with Crippen LogP contribution in [0, 0.1) is 11.8 Å². The molecule has 0 aromatic carbocycles. The monoisotopic (exact) mass is 281 g/mol. The first kappa shape index (κ1) is 14.3. The lowest BCUT2D eigenvalue weighted by molar-refractivity contribution is -0.149. The Morgan fingerprint density at radius 1 is 1.05 bits per heavy atom. The number of hydrogen-bond acceptors (Lipinski definition) is 3. The van der Waals surface area contributed by atoms with Crippen molar-refractivity contribution in [3.8, 4) is 0 Å². The van der Waals surface area contributed by atoms with E-state index in [-0.39, 0.29) is 6.04 Å². The standard InChI is InChI=1S/C16H27NO3/c18-16(19)15-6-5-13-3-1-2-4-14(13)17(15)11-12-7-9-20-10-8-12/h12-15H,1-11H2,(H,18,19). The van der Waals surface area contributed by atoms with Gasteiger partial charge in [-0.3, -0.25) is 9.69 Å². The van der Waals surface area contributed by atoms with Crippen LogP contribution in [0.2, 0.25) is 0 Å². The Balaban J connectivity index is 1.71. The second-order valence-corrected chi connectivity index (χ2v) is 6.80. The van der Waals surface area contributed by atoms with Crippen molar-refractivity contribution < 1.29 is 14.6 Å². The molecule has 0 aromatic rings. The van der Waals surface area contributed by atoms with Gasteiger partial charge in [0.1, 0.15) is 6.04 Å². The highest BCUT2D eigenvalue weighted by Gasteiger charge is 2.41. The Morgan fingerprint density at radius 3 is 2.55 bits per heavy atom. The Labute approximate surface area is 121 Å². The summed E-state index contributed by atoms with van der Waals surface area (Å²) in [7, 11) is 0. The van der Waals surface area contributed by atoms with E-state index >= 15 is 0 Å². The molecule has 1 saturated carbocycles. The van der Waals surface area contributed by atoms with Crippen LogP contribution in [-0.4, -0.2) is 47.8 Å². The Hall–Kier alpha value is -0.610. The number of likely N-dealkylation sites (tertiary alicyclic amines) is 1. The van der Waals surface area contributed by atoms with Crippen LogP contribution in [0.4, 0.5) is 0 Å². The molecule has 3 fully saturated rings. The molecule has 3 unspecified atom stereocenters. The second-order valence-electron chi connectivity index (χ2n) is 6.80. The quantitative estimate of drug-likeness (QED) is 0.863. The fraction of sp³-hybridized carbons (Fsp3) is 0.938. The minimum absolute atomic E-state index is 0.239. The molecule has 0 aromatic heterocycles. The van der Waals surface area contributed by atoms with Crippen LogP contribution in [0.25, 0.3) is 0 Å². The SMILES string of the molecule is O=C(O)C1CCC2CCCCC2N1CC1CCOCC1. The van der Waals surface area contributed by atoms with Crippen molar-refractivity contribution in [2.45, 2.75) is 63.5 Å². The number of carbonyl (C=O) groups is 1. The zero-order chi connectivity index (χ0) is 13.9. The van der Waals surface area contributed by atoms with Gasteiger partial charge in [-0.25, -0.2) is 0 Å². The molecule has 4 heteroatoms. The molecule has 2 saturated heterocycles. The summed E-state index contributed by atoms with van der Waals surface area (Å²) >= 11 is 0. The number of nitrogens with zero attached hydrogens (tertiary/aromatic N) is 1. The summed E-state index contributed by atoms with van der Waals surface area (Å²) in [4.78, 5) is 14.0. The molecule has 0 radical (unpaired) electrons. The largest absolute Gasteiger partial charge is 0.480 e. The van der Waals surface area contributed by atoms with E-state index in [1.807, 2.05) is 0 Å². The molecule has 3 rings (SSSR count). The van der Waals surface area contributed by atoms with Gasteiger partial charge < -0.3 is 9.84 Å². The normalized spacial score (nSPS) is 36.5. The van der Waals surface area contributed by atoms with Crippen molar-refractivity contribution in [3.63, 3.8) is 0 Å².